The predicted molar refractivity (Wildman–Crippen MR) is 104 cm³/mol. The molecule has 0 fully saturated rings. The molecule has 0 saturated heterocycles. The van der Waals surface area contributed by atoms with E-state index in [0.29, 0.717) is 11.1 Å². The third-order valence-electron chi connectivity index (χ3n) is 4.76. The van der Waals surface area contributed by atoms with E-state index in [1.54, 1.807) is 20.0 Å². The summed E-state index contributed by atoms with van der Waals surface area (Å²) < 4.78 is 21.2. The van der Waals surface area contributed by atoms with Gasteiger partial charge in [-0.25, -0.2) is 9.37 Å². The first-order valence-electron chi connectivity index (χ1n) is 8.95. The number of fused-ring (bicyclic) bond motifs is 5. The molecule has 1 aliphatic heterocycles. The van der Waals surface area contributed by atoms with Gasteiger partial charge >= 0.3 is 5.91 Å². The van der Waals surface area contributed by atoms with Crippen LogP contribution >= 0.6 is 0 Å². The van der Waals surface area contributed by atoms with Crippen LogP contribution < -0.4 is 15.3 Å². The molecule has 10 heteroatoms. The zero-order valence-electron chi connectivity index (χ0n) is 16.4. The third-order valence-corrected chi connectivity index (χ3v) is 4.76. The van der Waals surface area contributed by atoms with Crippen LogP contribution in [-0.4, -0.2) is 32.8 Å². The largest absolute Gasteiger partial charge is 0.482 e. The highest BCUT2D eigenvalue weighted by Crippen LogP contribution is 2.37. The van der Waals surface area contributed by atoms with Crippen LogP contribution in [0.5, 0.6) is 11.5 Å². The number of pyridine rings is 1. The number of aryl methyl sites for hydroxylation is 1. The lowest BCUT2D eigenvalue weighted by molar-refractivity contribution is -0.0161. The van der Waals surface area contributed by atoms with Crippen molar-refractivity contribution in [2.45, 2.75) is 13.0 Å². The van der Waals surface area contributed by atoms with Gasteiger partial charge in [-0.2, -0.15) is 15.4 Å². The molecule has 2 aromatic heterocycles. The summed E-state index contributed by atoms with van der Waals surface area (Å²) in [6.45, 7) is 1.69. The number of nitrogen functional groups attached to an aromatic ring is 1. The minimum atomic E-state index is -0.679. The number of anilines is 1. The van der Waals surface area contributed by atoms with Crippen molar-refractivity contribution in [2.24, 2.45) is 7.05 Å². The highest BCUT2D eigenvalue weighted by Gasteiger charge is 2.29. The summed E-state index contributed by atoms with van der Waals surface area (Å²) in [5.74, 6) is -0.533. The number of halogens is 1. The summed E-state index contributed by atoms with van der Waals surface area (Å²) in [6.07, 6.45) is 0.753. The molecule has 30 heavy (non-hydrogen) atoms. The fraction of sp³-hybridized carbons (Fsp3) is 0.200. The lowest BCUT2D eigenvalue weighted by Gasteiger charge is -2.23. The van der Waals surface area contributed by atoms with Crippen LogP contribution in [0.1, 0.15) is 34.8 Å². The molecule has 4 rings (SSSR count). The number of aromatic nitrogens is 3. The number of hydrogen-bond acceptors (Lipinski definition) is 7. The van der Waals surface area contributed by atoms with Gasteiger partial charge in [0.1, 0.15) is 23.7 Å². The zero-order chi connectivity index (χ0) is 21.6. The van der Waals surface area contributed by atoms with Crippen LogP contribution in [0.3, 0.4) is 0 Å². The Bertz CT molecular complexity index is 1220. The van der Waals surface area contributed by atoms with Crippen molar-refractivity contribution in [1.29, 1.82) is 5.26 Å². The first-order chi connectivity index (χ1) is 14.3. The van der Waals surface area contributed by atoms with Crippen molar-refractivity contribution in [2.75, 3.05) is 12.8 Å². The molecular formula is C20H17FN6O3. The predicted octanol–water partition coefficient (Wildman–Crippen LogP) is 2.59. The second kappa shape index (κ2) is 7.04. The summed E-state index contributed by atoms with van der Waals surface area (Å²) in [6, 6.07) is 7.51. The molecule has 1 unspecified atom stereocenters. The number of ether oxygens (including phenoxy) is 1. The molecule has 0 saturated carbocycles. The number of nitrogens with zero attached hydrogens (tertiary/aromatic N) is 5. The van der Waals surface area contributed by atoms with E-state index in [-0.39, 0.29) is 34.3 Å². The van der Waals surface area contributed by atoms with Crippen molar-refractivity contribution in [3.8, 4) is 28.7 Å². The van der Waals surface area contributed by atoms with E-state index < -0.39 is 17.8 Å². The summed E-state index contributed by atoms with van der Waals surface area (Å²) in [7, 11) is 2.96. The van der Waals surface area contributed by atoms with E-state index >= 15 is 0 Å². The molecule has 2 bridgehead atoms. The van der Waals surface area contributed by atoms with Crippen LogP contribution in [0.4, 0.5) is 10.2 Å². The Morgan fingerprint density at radius 2 is 2.03 bits per heavy atom. The van der Waals surface area contributed by atoms with E-state index in [1.165, 1.54) is 36.1 Å². The van der Waals surface area contributed by atoms with Gasteiger partial charge in [0, 0.05) is 31.4 Å². The SMILES string of the molecule is CC1Oc2cc(cnc2N)-c2c(nn(C)c2C#N)C(=O)N(C)Oc2ccc(F)cc21. The second-order valence-electron chi connectivity index (χ2n) is 6.75. The molecule has 0 aliphatic carbocycles. The lowest BCUT2D eigenvalue weighted by atomic mass is 10.0. The molecule has 1 atom stereocenters. The monoisotopic (exact) mass is 408 g/mol. The van der Waals surface area contributed by atoms with Crippen LogP contribution in [0.25, 0.3) is 11.1 Å². The van der Waals surface area contributed by atoms with Gasteiger partial charge in [0.05, 0.1) is 5.56 Å². The maximum Gasteiger partial charge on any atom is 0.307 e. The van der Waals surface area contributed by atoms with Gasteiger partial charge < -0.3 is 15.3 Å². The highest BCUT2D eigenvalue weighted by molar-refractivity contribution is 6.00. The Morgan fingerprint density at radius 3 is 2.77 bits per heavy atom. The number of carbonyl (C=O) groups is 1. The van der Waals surface area contributed by atoms with Gasteiger partial charge in [0.2, 0.25) is 0 Å². The second-order valence-corrected chi connectivity index (χ2v) is 6.75. The average molecular weight is 408 g/mol. The average Bonchev–Trinajstić information content (AvgIpc) is 3.05. The number of rotatable bonds is 0. The first kappa shape index (κ1) is 19.2. The summed E-state index contributed by atoms with van der Waals surface area (Å²) >= 11 is 0. The maximum atomic E-state index is 13.9. The van der Waals surface area contributed by atoms with E-state index in [0.717, 1.165) is 5.06 Å². The number of hydrogen-bond donors (Lipinski definition) is 1. The maximum absolute atomic E-state index is 13.9. The van der Waals surface area contributed by atoms with Crippen LogP contribution in [0.2, 0.25) is 0 Å². The van der Waals surface area contributed by atoms with Crippen molar-refractivity contribution in [3.05, 3.63) is 53.2 Å². The molecule has 3 aromatic rings. The Balaban J connectivity index is 1.99. The van der Waals surface area contributed by atoms with Crippen molar-refractivity contribution in [1.82, 2.24) is 19.8 Å². The van der Waals surface area contributed by atoms with Crippen LogP contribution in [-0.2, 0) is 7.05 Å². The molecule has 0 radical (unpaired) electrons. The number of nitrogens with two attached hydrogens (primary N) is 1. The van der Waals surface area contributed by atoms with Gasteiger partial charge in [-0.1, -0.05) is 0 Å². The molecule has 0 spiro atoms. The standard InChI is InChI=1S/C20H17FN6O3/c1-10-13-7-12(21)4-5-15(13)30-27(3)20(28)18-17(14(8-22)26(2)25-18)11-6-16(29-10)19(23)24-9-11/h4-7,9-10H,1-3H3,(H2,23,24). The van der Waals surface area contributed by atoms with Gasteiger partial charge in [0.15, 0.2) is 23.0 Å². The van der Waals surface area contributed by atoms with Gasteiger partial charge in [0.25, 0.3) is 0 Å². The number of nitriles is 1. The van der Waals surface area contributed by atoms with E-state index in [2.05, 4.69) is 16.2 Å². The normalized spacial score (nSPS) is 15.6. The van der Waals surface area contributed by atoms with E-state index in [9.17, 15) is 14.4 Å². The molecule has 1 aliphatic rings. The van der Waals surface area contributed by atoms with Crippen molar-refractivity contribution in [3.63, 3.8) is 0 Å². The first-order valence-corrected chi connectivity index (χ1v) is 8.95. The molecule has 1 aromatic carbocycles. The number of carbonyl (C=O) groups excluding carboxylic acids is 1. The summed E-state index contributed by atoms with van der Waals surface area (Å²) in [4.78, 5) is 23.0. The van der Waals surface area contributed by atoms with Gasteiger partial charge in [-0.05, 0) is 31.2 Å². The van der Waals surface area contributed by atoms with Gasteiger partial charge in [-0.3, -0.25) is 9.48 Å². The number of hydroxylamine groups is 2. The molecule has 1 amide bonds. The zero-order valence-corrected chi connectivity index (χ0v) is 16.4. The van der Waals surface area contributed by atoms with E-state index in [1.807, 2.05) is 0 Å². The molecule has 9 nitrogen and oxygen atoms in total. The molecule has 152 valence electrons. The molecular weight excluding hydrogens is 391 g/mol. The summed E-state index contributed by atoms with van der Waals surface area (Å²) in [5, 5.41) is 14.8. The van der Waals surface area contributed by atoms with Crippen molar-refractivity contribution >= 4 is 11.7 Å². The molecule has 3 heterocycles. The summed E-state index contributed by atoms with van der Waals surface area (Å²) in [5.41, 5.74) is 7.21. The smallest absolute Gasteiger partial charge is 0.307 e. The Labute approximate surface area is 171 Å². The molecule has 2 N–H and O–H groups in total. The fourth-order valence-corrected chi connectivity index (χ4v) is 3.27. The Kier molecular flexibility index (Phi) is 4.50. The third kappa shape index (κ3) is 3.06. The fourth-order valence-electron chi connectivity index (χ4n) is 3.27. The quantitative estimate of drug-likeness (QED) is 0.607. The van der Waals surface area contributed by atoms with Gasteiger partial charge in [-0.15, -0.1) is 0 Å². The minimum absolute atomic E-state index is 0.00800. The van der Waals surface area contributed by atoms with Crippen LogP contribution in [0.15, 0.2) is 30.5 Å². The number of amides is 1. The Hall–Kier alpha value is -4.13. The lowest BCUT2D eigenvalue weighted by Crippen LogP contribution is -2.31. The topological polar surface area (TPSA) is 119 Å². The van der Waals surface area contributed by atoms with Crippen LogP contribution in [0, 0.1) is 17.1 Å². The van der Waals surface area contributed by atoms with E-state index in [4.69, 9.17) is 15.3 Å². The Morgan fingerprint density at radius 1 is 1.27 bits per heavy atom. The van der Waals surface area contributed by atoms with Crippen molar-refractivity contribution < 1.29 is 18.8 Å². The number of benzene rings is 1. The minimum Gasteiger partial charge on any atom is -0.482 e. The highest BCUT2D eigenvalue weighted by atomic mass is 19.1.